The Morgan fingerprint density at radius 2 is 1.86 bits per heavy atom. The van der Waals surface area contributed by atoms with Crippen LogP contribution in [0.25, 0.3) is 0 Å². The van der Waals surface area contributed by atoms with Gasteiger partial charge >= 0.3 is 0 Å². The number of nitrogens with zero attached hydrogens (tertiary/aromatic N) is 1. The minimum Gasteiger partial charge on any atom is -0.496 e. The normalized spacial score (nSPS) is 12.1. The molecule has 0 aliphatic rings. The lowest BCUT2D eigenvalue weighted by Crippen LogP contribution is -2.34. The van der Waals surface area contributed by atoms with Gasteiger partial charge in [0.05, 0.1) is 7.11 Å². The van der Waals surface area contributed by atoms with Crippen LogP contribution in [0.5, 0.6) is 5.75 Å². The van der Waals surface area contributed by atoms with Gasteiger partial charge in [0.25, 0.3) is 0 Å². The monoisotopic (exact) mass is 284 g/mol. The molecule has 0 aliphatic heterocycles. The largest absolute Gasteiger partial charge is 0.496 e. The number of pyridine rings is 1. The van der Waals surface area contributed by atoms with E-state index in [9.17, 15) is 0 Å². The molecule has 1 heterocycles. The third-order valence-electron chi connectivity index (χ3n) is 3.57. The number of para-hydroxylation sites is 1. The third kappa shape index (κ3) is 4.87. The summed E-state index contributed by atoms with van der Waals surface area (Å²) in [6.45, 7) is 3.23. The van der Waals surface area contributed by atoms with Gasteiger partial charge < -0.3 is 10.1 Å². The molecule has 0 bridgehead atoms. The van der Waals surface area contributed by atoms with E-state index < -0.39 is 0 Å². The van der Waals surface area contributed by atoms with Gasteiger partial charge in [0, 0.05) is 18.4 Å². The van der Waals surface area contributed by atoms with E-state index in [1.54, 1.807) is 7.11 Å². The van der Waals surface area contributed by atoms with Gasteiger partial charge in [-0.1, -0.05) is 25.1 Å². The number of rotatable bonds is 8. The summed E-state index contributed by atoms with van der Waals surface area (Å²) in [6.07, 6.45) is 6.82. The fourth-order valence-electron chi connectivity index (χ4n) is 2.51. The summed E-state index contributed by atoms with van der Waals surface area (Å²) >= 11 is 0. The maximum absolute atomic E-state index is 5.46. The molecule has 112 valence electrons. The van der Waals surface area contributed by atoms with Crippen LogP contribution in [0.2, 0.25) is 0 Å². The molecule has 1 aromatic heterocycles. The van der Waals surface area contributed by atoms with Gasteiger partial charge in [0.15, 0.2) is 0 Å². The molecule has 1 atom stereocenters. The van der Waals surface area contributed by atoms with Crippen LogP contribution >= 0.6 is 0 Å². The first-order valence-electron chi connectivity index (χ1n) is 7.57. The Morgan fingerprint density at radius 3 is 2.57 bits per heavy atom. The number of hydrogen-bond donors (Lipinski definition) is 1. The van der Waals surface area contributed by atoms with Crippen molar-refractivity contribution in [3.05, 3.63) is 59.9 Å². The second-order valence-corrected chi connectivity index (χ2v) is 5.23. The Hall–Kier alpha value is -1.87. The maximum atomic E-state index is 5.46. The first-order chi connectivity index (χ1) is 10.3. The highest BCUT2D eigenvalue weighted by molar-refractivity contribution is 5.34. The molecule has 21 heavy (non-hydrogen) atoms. The first-order valence-corrected chi connectivity index (χ1v) is 7.57. The van der Waals surface area contributed by atoms with Crippen molar-refractivity contribution in [3.63, 3.8) is 0 Å². The molecule has 0 saturated carbocycles. The maximum Gasteiger partial charge on any atom is 0.122 e. The van der Waals surface area contributed by atoms with Crippen LogP contribution in [0, 0.1) is 0 Å². The van der Waals surface area contributed by atoms with Crippen LogP contribution in [0.4, 0.5) is 0 Å². The van der Waals surface area contributed by atoms with E-state index in [2.05, 4.69) is 41.5 Å². The van der Waals surface area contributed by atoms with Gasteiger partial charge in [-0.05, 0) is 55.1 Å². The van der Waals surface area contributed by atoms with Crippen molar-refractivity contribution >= 4 is 0 Å². The SMILES string of the molecule is CCCNC(Cc1ccncc1)Cc1ccccc1OC. The number of hydrogen-bond acceptors (Lipinski definition) is 3. The standard InChI is InChI=1S/C18H24N2O/c1-3-10-20-17(13-15-8-11-19-12-9-15)14-16-6-4-5-7-18(16)21-2/h4-9,11-12,17,20H,3,10,13-14H2,1-2H3. The van der Waals surface area contributed by atoms with Gasteiger partial charge in [0.1, 0.15) is 5.75 Å². The van der Waals surface area contributed by atoms with E-state index >= 15 is 0 Å². The summed E-state index contributed by atoms with van der Waals surface area (Å²) in [7, 11) is 1.73. The van der Waals surface area contributed by atoms with Crippen LogP contribution in [-0.2, 0) is 12.8 Å². The van der Waals surface area contributed by atoms with Gasteiger partial charge in [-0.25, -0.2) is 0 Å². The lowest BCUT2D eigenvalue weighted by Gasteiger charge is -2.20. The fourth-order valence-corrected chi connectivity index (χ4v) is 2.51. The van der Waals surface area contributed by atoms with Crippen molar-refractivity contribution in [1.82, 2.24) is 10.3 Å². The van der Waals surface area contributed by atoms with Crippen molar-refractivity contribution in [3.8, 4) is 5.75 Å². The van der Waals surface area contributed by atoms with Crippen LogP contribution in [0.1, 0.15) is 24.5 Å². The summed E-state index contributed by atoms with van der Waals surface area (Å²) in [6, 6.07) is 12.8. The van der Waals surface area contributed by atoms with E-state index in [0.29, 0.717) is 6.04 Å². The molecule has 3 heteroatoms. The second-order valence-electron chi connectivity index (χ2n) is 5.23. The molecule has 1 unspecified atom stereocenters. The molecule has 2 rings (SSSR count). The predicted octanol–water partition coefficient (Wildman–Crippen LogP) is 3.24. The molecule has 0 saturated heterocycles. The van der Waals surface area contributed by atoms with E-state index in [1.807, 2.05) is 24.5 Å². The molecule has 2 aromatic rings. The highest BCUT2D eigenvalue weighted by Gasteiger charge is 2.12. The zero-order valence-corrected chi connectivity index (χ0v) is 12.9. The van der Waals surface area contributed by atoms with Crippen molar-refractivity contribution in [2.45, 2.75) is 32.2 Å². The number of methoxy groups -OCH3 is 1. The third-order valence-corrected chi connectivity index (χ3v) is 3.57. The lowest BCUT2D eigenvalue weighted by atomic mass is 9.99. The predicted molar refractivity (Wildman–Crippen MR) is 86.7 cm³/mol. The topological polar surface area (TPSA) is 34.2 Å². The van der Waals surface area contributed by atoms with Crippen LogP contribution in [0.3, 0.4) is 0 Å². The number of benzene rings is 1. The summed E-state index contributed by atoms with van der Waals surface area (Å²) in [5.74, 6) is 0.968. The average molecular weight is 284 g/mol. The minimum atomic E-state index is 0.406. The smallest absolute Gasteiger partial charge is 0.122 e. The molecule has 0 radical (unpaired) electrons. The van der Waals surface area contributed by atoms with E-state index in [4.69, 9.17) is 4.74 Å². The number of aromatic nitrogens is 1. The Bertz CT molecular complexity index is 528. The van der Waals surface area contributed by atoms with Gasteiger partial charge in [-0.15, -0.1) is 0 Å². The van der Waals surface area contributed by atoms with Crippen molar-refractivity contribution in [1.29, 1.82) is 0 Å². The molecule has 0 spiro atoms. The average Bonchev–Trinajstić information content (AvgIpc) is 2.54. The fraction of sp³-hybridized carbons (Fsp3) is 0.389. The Balaban J connectivity index is 2.08. The minimum absolute atomic E-state index is 0.406. The number of nitrogens with one attached hydrogen (secondary N) is 1. The first kappa shape index (κ1) is 15.5. The van der Waals surface area contributed by atoms with Crippen molar-refractivity contribution < 1.29 is 4.74 Å². The van der Waals surface area contributed by atoms with Crippen LogP contribution < -0.4 is 10.1 Å². The molecular formula is C18H24N2O. The zero-order valence-electron chi connectivity index (χ0n) is 12.9. The summed E-state index contributed by atoms with van der Waals surface area (Å²) in [5, 5.41) is 3.64. The Morgan fingerprint density at radius 1 is 1.10 bits per heavy atom. The second kappa shape index (κ2) is 8.42. The van der Waals surface area contributed by atoms with Gasteiger partial charge in [-0.3, -0.25) is 4.98 Å². The van der Waals surface area contributed by atoms with E-state index in [1.165, 1.54) is 11.1 Å². The molecule has 0 fully saturated rings. The van der Waals surface area contributed by atoms with Gasteiger partial charge in [0.2, 0.25) is 0 Å². The summed E-state index contributed by atoms with van der Waals surface area (Å²) in [5.41, 5.74) is 2.57. The zero-order chi connectivity index (χ0) is 14.9. The molecule has 0 aliphatic carbocycles. The molecule has 1 aromatic carbocycles. The Labute approximate surface area is 127 Å². The number of ether oxygens (including phenoxy) is 1. The van der Waals surface area contributed by atoms with E-state index in [0.717, 1.165) is 31.6 Å². The molecular weight excluding hydrogens is 260 g/mol. The molecule has 1 N–H and O–H groups in total. The summed E-state index contributed by atoms with van der Waals surface area (Å²) < 4.78 is 5.46. The lowest BCUT2D eigenvalue weighted by molar-refractivity contribution is 0.404. The van der Waals surface area contributed by atoms with E-state index in [-0.39, 0.29) is 0 Å². The highest BCUT2D eigenvalue weighted by atomic mass is 16.5. The van der Waals surface area contributed by atoms with Crippen molar-refractivity contribution in [2.75, 3.05) is 13.7 Å². The quantitative estimate of drug-likeness (QED) is 0.808. The highest BCUT2D eigenvalue weighted by Crippen LogP contribution is 2.20. The summed E-state index contributed by atoms with van der Waals surface area (Å²) in [4.78, 5) is 4.09. The van der Waals surface area contributed by atoms with Crippen LogP contribution in [0.15, 0.2) is 48.8 Å². The van der Waals surface area contributed by atoms with Crippen LogP contribution in [-0.4, -0.2) is 24.7 Å². The molecule has 3 nitrogen and oxygen atoms in total. The molecule has 0 amide bonds. The van der Waals surface area contributed by atoms with Crippen molar-refractivity contribution in [2.24, 2.45) is 0 Å². The van der Waals surface area contributed by atoms with Gasteiger partial charge in [-0.2, -0.15) is 0 Å². The Kier molecular flexibility index (Phi) is 6.22.